The van der Waals surface area contributed by atoms with Crippen LogP contribution in [0.5, 0.6) is 0 Å². The average Bonchev–Trinajstić information content (AvgIpc) is 3.29. The lowest BCUT2D eigenvalue weighted by atomic mass is 9.91. The number of aromatic amines is 1. The van der Waals surface area contributed by atoms with E-state index in [9.17, 15) is 9.90 Å². The summed E-state index contributed by atoms with van der Waals surface area (Å²) in [5.74, 6) is 1.63. The number of aliphatic imine (C=N–C) groups is 1. The Morgan fingerprint density at radius 1 is 1.30 bits per heavy atom. The number of carbonyl (C=O) groups is 1. The van der Waals surface area contributed by atoms with Crippen molar-refractivity contribution >= 4 is 35.5 Å². The Kier molecular flexibility index (Phi) is 5.66. The highest BCUT2D eigenvalue weighted by Crippen LogP contribution is 2.33. The van der Waals surface area contributed by atoms with E-state index in [0.29, 0.717) is 41.7 Å². The zero-order valence-corrected chi connectivity index (χ0v) is 16.7. The van der Waals surface area contributed by atoms with Crippen LogP contribution in [0.1, 0.15) is 44.1 Å². The Morgan fingerprint density at radius 2 is 2.10 bits per heavy atom. The molecule has 0 radical (unpaired) electrons. The van der Waals surface area contributed by atoms with Crippen LogP contribution in [0, 0.1) is 0 Å². The van der Waals surface area contributed by atoms with Crippen LogP contribution >= 0.6 is 0 Å². The van der Waals surface area contributed by atoms with Gasteiger partial charge in [0.1, 0.15) is 12.0 Å². The number of anilines is 2. The third kappa shape index (κ3) is 3.99. The summed E-state index contributed by atoms with van der Waals surface area (Å²) in [6.07, 6.45) is 9.30. The molecule has 30 heavy (non-hydrogen) atoms. The molecule has 3 N–H and O–H groups in total. The van der Waals surface area contributed by atoms with E-state index in [2.05, 4.69) is 37.2 Å². The van der Waals surface area contributed by atoms with Crippen molar-refractivity contribution < 1.29 is 9.90 Å². The maximum absolute atomic E-state index is 12.7. The van der Waals surface area contributed by atoms with Gasteiger partial charge >= 0.3 is 0 Å². The molecule has 2 aromatic rings. The number of hydrogen-bond acceptors (Lipinski definition) is 8. The first kappa shape index (κ1) is 19.9. The molecule has 1 aliphatic heterocycles. The number of fused-ring (bicyclic) bond motifs is 1. The van der Waals surface area contributed by atoms with Crippen molar-refractivity contribution in [3.63, 3.8) is 0 Å². The maximum Gasteiger partial charge on any atom is 0.247 e. The van der Waals surface area contributed by atoms with Crippen LogP contribution in [0.2, 0.25) is 0 Å². The molecule has 10 nitrogen and oxygen atoms in total. The topological polar surface area (TPSA) is 132 Å². The predicted octanol–water partition coefficient (Wildman–Crippen LogP) is 1.80. The average molecular weight is 408 g/mol. The van der Waals surface area contributed by atoms with Gasteiger partial charge < -0.3 is 10.4 Å². The van der Waals surface area contributed by atoms with Crippen LogP contribution in [-0.4, -0.2) is 61.6 Å². The molecule has 0 spiro atoms. The second-order valence-corrected chi connectivity index (χ2v) is 7.40. The van der Waals surface area contributed by atoms with E-state index in [1.165, 1.54) is 6.33 Å². The summed E-state index contributed by atoms with van der Waals surface area (Å²) in [7, 11) is 0. The van der Waals surface area contributed by atoms with E-state index in [4.69, 9.17) is 4.98 Å². The number of rotatable bonds is 5. The molecule has 2 aliphatic rings. The van der Waals surface area contributed by atoms with Gasteiger partial charge in [0.05, 0.1) is 24.5 Å². The van der Waals surface area contributed by atoms with Crippen molar-refractivity contribution in [1.82, 2.24) is 25.1 Å². The highest BCUT2D eigenvalue weighted by Gasteiger charge is 2.34. The van der Waals surface area contributed by atoms with Gasteiger partial charge in [-0.2, -0.15) is 5.10 Å². The van der Waals surface area contributed by atoms with E-state index in [1.54, 1.807) is 17.2 Å². The van der Waals surface area contributed by atoms with Crippen LogP contribution in [0.3, 0.4) is 0 Å². The van der Waals surface area contributed by atoms with Gasteiger partial charge in [-0.3, -0.25) is 19.8 Å². The summed E-state index contributed by atoms with van der Waals surface area (Å²) in [5.41, 5.74) is 2.06. The van der Waals surface area contributed by atoms with Crippen molar-refractivity contribution in [2.24, 2.45) is 4.99 Å². The lowest BCUT2D eigenvalue weighted by Crippen LogP contribution is -2.49. The Labute approximate surface area is 173 Å². The summed E-state index contributed by atoms with van der Waals surface area (Å²) in [4.78, 5) is 31.7. The van der Waals surface area contributed by atoms with Crippen molar-refractivity contribution in [3.8, 4) is 0 Å². The van der Waals surface area contributed by atoms with E-state index in [-0.39, 0.29) is 24.6 Å². The Morgan fingerprint density at radius 3 is 2.80 bits per heavy atom. The Bertz CT molecular complexity index is 990. The first-order chi connectivity index (χ1) is 14.6. The number of aliphatic hydroxyl groups excluding tert-OH is 1. The first-order valence-electron chi connectivity index (χ1n) is 9.89. The van der Waals surface area contributed by atoms with Gasteiger partial charge in [-0.1, -0.05) is 6.08 Å². The fourth-order valence-corrected chi connectivity index (χ4v) is 3.74. The number of allylic oxidation sites excluding steroid dienone is 3. The first-order valence-corrected chi connectivity index (χ1v) is 9.89. The minimum Gasteiger partial charge on any atom is -0.393 e. The highest BCUT2D eigenvalue weighted by atomic mass is 16.3. The molecule has 0 saturated heterocycles. The molecule has 0 unspecified atom stereocenters. The standard InChI is InChI=1S/C20H24N8O2/c1-12(3-8-15(21-2)18-24-11-25-27-18)16-9-22-19-20(26-16)28(17(30)10-23-19)13-4-6-14(29)7-5-13/h3,8-9,11,13-14,29H,2,4-7,10H2,1H3,(H,22,23)(H,24,25,27)/b12-3+,15-8-. The van der Waals surface area contributed by atoms with E-state index >= 15 is 0 Å². The molecule has 3 heterocycles. The SMILES string of the molecule is C=N/C(=C\C=C(/C)c1cnc2c(n1)N(C1CCC(O)CC1)C(=O)CN2)c1ncn[nH]1. The predicted molar refractivity (Wildman–Crippen MR) is 114 cm³/mol. The van der Waals surface area contributed by atoms with E-state index in [0.717, 1.165) is 18.4 Å². The van der Waals surface area contributed by atoms with Crippen molar-refractivity contribution in [3.05, 3.63) is 36.2 Å². The smallest absolute Gasteiger partial charge is 0.247 e. The summed E-state index contributed by atoms with van der Waals surface area (Å²) in [6, 6.07) is 0.0264. The van der Waals surface area contributed by atoms with Gasteiger partial charge in [-0.25, -0.2) is 15.0 Å². The second kappa shape index (κ2) is 8.54. The van der Waals surface area contributed by atoms with Crippen LogP contribution in [0.25, 0.3) is 11.3 Å². The van der Waals surface area contributed by atoms with Crippen LogP contribution in [0.4, 0.5) is 11.6 Å². The molecule has 0 bridgehead atoms. The largest absolute Gasteiger partial charge is 0.393 e. The molecular formula is C20H24N8O2. The fourth-order valence-electron chi connectivity index (χ4n) is 3.74. The molecule has 4 rings (SSSR count). The molecule has 156 valence electrons. The normalized spacial score (nSPS) is 22.5. The molecule has 0 aromatic carbocycles. The van der Waals surface area contributed by atoms with Crippen LogP contribution < -0.4 is 10.2 Å². The lowest BCUT2D eigenvalue weighted by Gasteiger charge is -2.38. The molecule has 0 atom stereocenters. The van der Waals surface area contributed by atoms with Crippen LogP contribution in [-0.2, 0) is 4.79 Å². The molecule has 2 aromatic heterocycles. The number of aromatic nitrogens is 5. The van der Waals surface area contributed by atoms with Gasteiger partial charge in [0.2, 0.25) is 5.91 Å². The molecular weight excluding hydrogens is 384 g/mol. The number of nitrogens with one attached hydrogen (secondary N) is 2. The van der Waals surface area contributed by atoms with Gasteiger partial charge in [0, 0.05) is 6.04 Å². The van der Waals surface area contributed by atoms with Gasteiger partial charge in [-0.05, 0) is 51.0 Å². The third-order valence-corrected chi connectivity index (χ3v) is 5.41. The third-order valence-electron chi connectivity index (χ3n) is 5.41. The Hall–Kier alpha value is -3.40. The zero-order valence-electron chi connectivity index (χ0n) is 16.7. The fraction of sp³-hybridized carbons (Fsp3) is 0.400. The van der Waals surface area contributed by atoms with E-state index in [1.807, 2.05) is 13.0 Å². The monoisotopic (exact) mass is 408 g/mol. The maximum atomic E-state index is 12.7. The number of hydrogen-bond donors (Lipinski definition) is 3. The number of carbonyl (C=O) groups excluding carboxylic acids is 1. The van der Waals surface area contributed by atoms with Crippen molar-refractivity contribution in [1.29, 1.82) is 0 Å². The molecule has 1 saturated carbocycles. The quantitative estimate of drug-likeness (QED) is 0.507. The minimum atomic E-state index is -0.287. The van der Waals surface area contributed by atoms with E-state index < -0.39 is 0 Å². The number of nitrogens with zero attached hydrogens (tertiary/aromatic N) is 6. The molecule has 10 heteroatoms. The number of amides is 1. The summed E-state index contributed by atoms with van der Waals surface area (Å²) in [5, 5.41) is 19.4. The lowest BCUT2D eigenvalue weighted by molar-refractivity contribution is -0.118. The second-order valence-electron chi connectivity index (χ2n) is 7.40. The zero-order chi connectivity index (χ0) is 21.1. The van der Waals surface area contributed by atoms with Crippen molar-refractivity contribution in [2.75, 3.05) is 16.8 Å². The minimum absolute atomic E-state index is 0.0264. The van der Waals surface area contributed by atoms with Crippen molar-refractivity contribution in [2.45, 2.75) is 44.8 Å². The van der Waals surface area contributed by atoms with Gasteiger partial charge in [-0.15, -0.1) is 0 Å². The molecule has 1 fully saturated rings. The summed E-state index contributed by atoms with van der Waals surface area (Å²) >= 11 is 0. The van der Waals surface area contributed by atoms with Gasteiger partial charge in [0.15, 0.2) is 17.5 Å². The molecule has 1 amide bonds. The Balaban J connectivity index is 1.63. The number of H-pyrrole nitrogens is 1. The highest BCUT2D eigenvalue weighted by molar-refractivity contribution is 6.01. The van der Waals surface area contributed by atoms with Gasteiger partial charge in [0.25, 0.3) is 0 Å². The van der Waals surface area contributed by atoms with Crippen LogP contribution in [0.15, 0.2) is 29.7 Å². The molecule has 1 aliphatic carbocycles. The summed E-state index contributed by atoms with van der Waals surface area (Å²) < 4.78 is 0. The number of aliphatic hydroxyl groups is 1. The summed E-state index contributed by atoms with van der Waals surface area (Å²) in [6.45, 7) is 5.67.